The minimum Gasteiger partial charge on any atom is -0.481 e. The number of ketones is 1. The zero-order valence-corrected chi connectivity index (χ0v) is 14.1. The maximum Gasteiger partial charge on any atom is 0.306 e. The second-order valence-corrected chi connectivity index (χ2v) is 6.54. The zero-order valence-electron chi connectivity index (χ0n) is 13.3. The molecule has 2 aromatic rings. The Hall–Kier alpha value is -2.47. The van der Waals surface area contributed by atoms with Crippen molar-refractivity contribution in [3.63, 3.8) is 0 Å². The van der Waals surface area contributed by atoms with Crippen LogP contribution in [-0.4, -0.2) is 22.8 Å². The summed E-state index contributed by atoms with van der Waals surface area (Å²) >= 11 is 1.37. The van der Waals surface area contributed by atoms with Crippen LogP contribution in [0, 0.1) is 5.92 Å². The van der Waals surface area contributed by atoms with E-state index in [2.05, 4.69) is 5.32 Å². The SMILES string of the molecule is CC(Cc1ccc(NC(=O)CCC(=O)c2cccs2)cc1)C(=O)O. The molecule has 0 radical (unpaired) electrons. The molecule has 6 heteroatoms. The van der Waals surface area contributed by atoms with E-state index in [1.165, 1.54) is 11.3 Å². The van der Waals surface area contributed by atoms with Crippen molar-refractivity contribution in [2.45, 2.75) is 26.2 Å². The smallest absolute Gasteiger partial charge is 0.306 e. The number of benzene rings is 1. The number of hydrogen-bond donors (Lipinski definition) is 2. The fourth-order valence-electron chi connectivity index (χ4n) is 2.18. The number of anilines is 1. The number of carboxylic acids is 1. The van der Waals surface area contributed by atoms with E-state index < -0.39 is 11.9 Å². The molecule has 2 N–H and O–H groups in total. The molecule has 24 heavy (non-hydrogen) atoms. The summed E-state index contributed by atoms with van der Waals surface area (Å²) in [5, 5.41) is 13.5. The van der Waals surface area contributed by atoms with Gasteiger partial charge in [0.15, 0.2) is 5.78 Å². The van der Waals surface area contributed by atoms with E-state index in [0.29, 0.717) is 17.0 Å². The lowest BCUT2D eigenvalue weighted by molar-refractivity contribution is -0.141. The lowest BCUT2D eigenvalue weighted by atomic mass is 10.0. The van der Waals surface area contributed by atoms with Crippen molar-refractivity contribution < 1.29 is 19.5 Å². The van der Waals surface area contributed by atoms with Gasteiger partial charge in [0.05, 0.1) is 10.8 Å². The van der Waals surface area contributed by atoms with Crippen molar-refractivity contribution in [3.8, 4) is 0 Å². The Morgan fingerprint density at radius 3 is 2.42 bits per heavy atom. The van der Waals surface area contributed by atoms with Gasteiger partial charge in [0.2, 0.25) is 5.91 Å². The molecule has 0 saturated carbocycles. The van der Waals surface area contributed by atoms with Crippen LogP contribution in [0.25, 0.3) is 0 Å². The molecule has 1 aromatic carbocycles. The van der Waals surface area contributed by atoms with Crippen molar-refractivity contribution in [2.75, 3.05) is 5.32 Å². The first-order valence-corrected chi connectivity index (χ1v) is 8.52. The van der Waals surface area contributed by atoms with Gasteiger partial charge in [-0.25, -0.2) is 0 Å². The number of amides is 1. The number of carbonyl (C=O) groups is 3. The molecular formula is C18H19NO4S. The van der Waals surface area contributed by atoms with Gasteiger partial charge in [-0.1, -0.05) is 25.1 Å². The third-order valence-electron chi connectivity index (χ3n) is 3.58. The summed E-state index contributed by atoms with van der Waals surface area (Å²) in [6.07, 6.45) is 0.758. The minimum absolute atomic E-state index is 0.0295. The summed E-state index contributed by atoms with van der Waals surface area (Å²) < 4.78 is 0. The molecule has 1 amide bonds. The van der Waals surface area contributed by atoms with Gasteiger partial charge in [-0.3, -0.25) is 14.4 Å². The Morgan fingerprint density at radius 1 is 1.12 bits per heavy atom. The topological polar surface area (TPSA) is 83.5 Å². The Labute approximate surface area is 144 Å². The maximum atomic E-state index is 11.9. The standard InChI is InChI=1S/C18H19NO4S/c1-12(18(22)23)11-13-4-6-14(7-5-13)19-17(21)9-8-15(20)16-3-2-10-24-16/h2-7,10,12H,8-9,11H2,1H3,(H,19,21)(H,22,23). The fraction of sp³-hybridized carbons (Fsp3) is 0.278. The highest BCUT2D eigenvalue weighted by Gasteiger charge is 2.12. The molecule has 0 spiro atoms. The molecule has 5 nitrogen and oxygen atoms in total. The van der Waals surface area contributed by atoms with Gasteiger partial charge < -0.3 is 10.4 Å². The highest BCUT2D eigenvalue weighted by atomic mass is 32.1. The van der Waals surface area contributed by atoms with Crippen LogP contribution in [0.15, 0.2) is 41.8 Å². The van der Waals surface area contributed by atoms with Gasteiger partial charge in [-0.15, -0.1) is 11.3 Å². The van der Waals surface area contributed by atoms with E-state index >= 15 is 0 Å². The van der Waals surface area contributed by atoms with Crippen molar-refractivity contribution in [1.82, 2.24) is 0 Å². The zero-order chi connectivity index (χ0) is 17.5. The second-order valence-electron chi connectivity index (χ2n) is 5.59. The predicted octanol–water partition coefficient (Wildman–Crippen LogP) is 3.61. The Kier molecular flexibility index (Phi) is 6.26. The molecule has 1 atom stereocenters. The third-order valence-corrected chi connectivity index (χ3v) is 4.49. The molecule has 1 aromatic heterocycles. The van der Waals surface area contributed by atoms with Crippen molar-refractivity contribution >= 4 is 34.7 Å². The number of carboxylic acid groups (broad SMARTS) is 1. The molecule has 0 aliphatic heterocycles. The first kappa shape index (κ1) is 17.9. The van der Waals surface area contributed by atoms with E-state index in [9.17, 15) is 14.4 Å². The number of thiophene rings is 1. The van der Waals surface area contributed by atoms with E-state index in [0.717, 1.165) is 5.56 Å². The van der Waals surface area contributed by atoms with Crippen LogP contribution >= 0.6 is 11.3 Å². The lowest BCUT2D eigenvalue weighted by Gasteiger charge is -2.08. The molecule has 126 valence electrons. The molecule has 0 bridgehead atoms. The number of rotatable bonds is 8. The Balaban J connectivity index is 1.81. The van der Waals surface area contributed by atoms with Crippen LogP contribution in [0.4, 0.5) is 5.69 Å². The fourth-order valence-corrected chi connectivity index (χ4v) is 2.87. The van der Waals surface area contributed by atoms with Crippen LogP contribution in [0.3, 0.4) is 0 Å². The predicted molar refractivity (Wildman–Crippen MR) is 93.5 cm³/mol. The molecule has 0 saturated heterocycles. The van der Waals surface area contributed by atoms with Crippen molar-refractivity contribution in [2.24, 2.45) is 5.92 Å². The molecule has 0 aliphatic carbocycles. The van der Waals surface area contributed by atoms with E-state index in [1.54, 1.807) is 37.3 Å². The van der Waals surface area contributed by atoms with E-state index in [1.807, 2.05) is 11.4 Å². The summed E-state index contributed by atoms with van der Waals surface area (Å²) in [6, 6.07) is 10.6. The largest absolute Gasteiger partial charge is 0.481 e. The summed E-state index contributed by atoms with van der Waals surface area (Å²) in [4.78, 5) is 35.3. The lowest BCUT2D eigenvalue weighted by Crippen LogP contribution is -2.14. The quantitative estimate of drug-likeness (QED) is 0.716. The van der Waals surface area contributed by atoms with Gasteiger partial charge in [0.1, 0.15) is 0 Å². The first-order chi connectivity index (χ1) is 11.5. The molecule has 1 unspecified atom stereocenters. The molecule has 2 rings (SSSR count). The number of nitrogens with one attached hydrogen (secondary N) is 1. The Bertz CT molecular complexity index is 707. The summed E-state index contributed by atoms with van der Waals surface area (Å²) in [7, 11) is 0. The van der Waals surface area contributed by atoms with Crippen LogP contribution < -0.4 is 5.32 Å². The van der Waals surface area contributed by atoms with E-state index in [4.69, 9.17) is 5.11 Å². The average Bonchev–Trinajstić information content (AvgIpc) is 3.09. The van der Waals surface area contributed by atoms with Crippen LogP contribution in [-0.2, 0) is 16.0 Å². The Morgan fingerprint density at radius 2 is 1.83 bits per heavy atom. The average molecular weight is 345 g/mol. The monoisotopic (exact) mass is 345 g/mol. The van der Waals surface area contributed by atoms with Crippen molar-refractivity contribution in [1.29, 1.82) is 0 Å². The van der Waals surface area contributed by atoms with Gasteiger partial charge in [-0.2, -0.15) is 0 Å². The number of carbonyl (C=O) groups excluding carboxylic acids is 2. The highest BCUT2D eigenvalue weighted by Crippen LogP contribution is 2.15. The van der Waals surface area contributed by atoms with Gasteiger partial charge in [0, 0.05) is 18.5 Å². The van der Waals surface area contributed by atoms with Crippen LogP contribution in [0.1, 0.15) is 35.0 Å². The number of aliphatic carboxylic acids is 1. The number of hydrogen-bond acceptors (Lipinski definition) is 4. The highest BCUT2D eigenvalue weighted by molar-refractivity contribution is 7.12. The minimum atomic E-state index is -0.831. The second kappa shape index (κ2) is 8.40. The molecular weight excluding hydrogens is 326 g/mol. The normalized spacial score (nSPS) is 11.7. The summed E-state index contributed by atoms with van der Waals surface area (Å²) in [5.41, 5.74) is 1.53. The summed E-state index contributed by atoms with van der Waals surface area (Å²) in [6.45, 7) is 1.66. The van der Waals surface area contributed by atoms with Gasteiger partial charge >= 0.3 is 5.97 Å². The van der Waals surface area contributed by atoms with Crippen molar-refractivity contribution in [3.05, 3.63) is 52.2 Å². The first-order valence-electron chi connectivity index (χ1n) is 7.64. The van der Waals surface area contributed by atoms with Gasteiger partial charge in [0.25, 0.3) is 0 Å². The number of Topliss-reactive ketones (excluding diaryl/α,β-unsaturated/α-hetero) is 1. The van der Waals surface area contributed by atoms with Crippen LogP contribution in [0.5, 0.6) is 0 Å². The van der Waals surface area contributed by atoms with E-state index in [-0.39, 0.29) is 24.5 Å². The van der Waals surface area contributed by atoms with Crippen LogP contribution in [0.2, 0.25) is 0 Å². The summed E-state index contributed by atoms with van der Waals surface area (Å²) in [5.74, 6) is -1.53. The molecule has 0 fully saturated rings. The van der Waals surface area contributed by atoms with Gasteiger partial charge in [-0.05, 0) is 35.6 Å². The maximum absolute atomic E-state index is 11.9. The third kappa shape index (κ3) is 5.31. The molecule has 0 aliphatic rings. The molecule has 1 heterocycles.